The van der Waals surface area contributed by atoms with Crippen LogP contribution in [0.4, 0.5) is 0 Å². The number of methoxy groups -OCH3 is 1. The van der Waals surface area contributed by atoms with Gasteiger partial charge < -0.3 is 13.9 Å². The smallest absolute Gasteiger partial charge is 0.264 e. The molecule has 26 heavy (non-hydrogen) atoms. The standard InChI is InChI=1S/C22H28O3Si/c1-22(2,3)26(18-12-7-5-8-13-18,19-14-9-6-10-15-19)25-21-17-11-16-20(23-4)24-21/h5-16,20-21H,17H2,1-4H3/t20-,21-/m1/s1. The summed E-state index contributed by atoms with van der Waals surface area (Å²) in [6.07, 6.45) is 4.07. The SMILES string of the molecule is CO[C@H]1C=CC[C@@H](O[Si](c2ccccc2)(c2ccccc2)C(C)(C)C)O1. The van der Waals surface area contributed by atoms with Gasteiger partial charge in [-0.1, -0.05) is 87.5 Å². The molecule has 3 nitrogen and oxygen atoms in total. The number of hydrogen-bond donors (Lipinski definition) is 0. The van der Waals surface area contributed by atoms with E-state index in [1.165, 1.54) is 10.4 Å². The average molecular weight is 369 g/mol. The first-order valence-electron chi connectivity index (χ1n) is 9.11. The molecule has 0 saturated carbocycles. The Labute approximate surface area is 157 Å². The lowest BCUT2D eigenvalue weighted by atomic mass is 10.2. The van der Waals surface area contributed by atoms with Crippen molar-refractivity contribution in [1.82, 2.24) is 0 Å². The fourth-order valence-corrected chi connectivity index (χ4v) is 8.21. The van der Waals surface area contributed by atoms with E-state index in [-0.39, 0.29) is 17.6 Å². The molecule has 0 spiro atoms. The highest BCUT2D eigenvalue weighted by atomic mass is 28.4. The Bertz CT molecular complexity index is 683. The second kappa shape index (κ2) is 7.88. The summed E-state index contributed by atoms with van der Waals surface area (Å²) < 4.78 is 18.3. The van der Waals surface area contributed by atoms with Crippen LogP contribution < -0.4 is 10.4 Å². The third-order valence-corrected chi connectivity index (χ3v) is 9.89. The largest absolute Gasteiger partial charge is 0.382 e. The minimum Gasteiger partial charge on any atom is -0.382 e. The molecular formula is C22H28O3Si. The van der Waals surface area contributed by atoms with Crippen molar-refractivity contribution in [2.75, 3.05) is 7.11 Å². The maximum absolute atomic E-state index is 6.93. The summed E-state index contributed by atoms with van der Waals surface area (Å²) >= 11 is 0. The normalized spacial score (nSPS) is 20.9. The van der Waals surface area contributed by atoms with E-state index >= 15 is 0 Å². The van der Waals surface area contributed by atoms with E-state index in [2.05, 4.69) is 87.5 Å². The van der Waals surface area contributed by atoms with Gasteiger partial charge >= 0.3 is 0 Å². The van der Waals surface area contributed by atoms with Crippen LogP contribution in [0.5, 0.6) is 0 Å². The molecule has 1 heterocycles. The zero-order valence-electron chi connectivity index (χ0n) is 16.0. The molecule has 138 valence electrons. The Hall–Kier alpha value is -1.72. The van der Waals surface area contributed by atoms with E-state index in [0.29, 0.717) is 0 Å². The van der Waals surface area contributed by atoms with Gasteiger partial charge in [-0.25, -0.2) is 0 Å². The molecule has 0 bridgehead atoms. The van der Waals surface area contributed by atoms with Crippen molar-refractivity contribution >= 4 is 18.7 Å². The predicted molar refractivity (Wildman–Crippen MR) is 108 cm³/mol. The maximum Gasteiger partial charge on any atom is 0.264 e. The molecule has 2 aromatic rings. The molecule has 0 aromatic heterocycles. The third kappa shape index (κ3) is 3.69. The van der Waals surface area contributed by atoms with Crippen LogP contribution in [-0.2, 0) is 13.9 Å². The van der Waals surface area contributed by atoms with Crippen molar-refractivity contribution in [2.24, 2.45) is 0 Å². The summed E-state index contributed by atoms with van der Waals surface area (Å²) in [6.45, 7) is 6.81. The van der Waals surface area contributed by atoms with E-state index in [1.54, 1.807) is 7.11 Å². The van der Waals surface area contributed by atoms with Crippen molar-refractivity contribution in [1.29, 1.82) is 0 Å². The van der Waals surface area contributed by atoms with Gasteiger partial charge in [0.2, 0.25) is 0 Å². The maximum atomic E-state index is 6.93. The molecule has 0 saturated heterocycles. The van der Waals surface area contributed by atoms with E-state index in [9.17, 15) is 0 Å². The minimum absolute atomic E-state index is 0.0667. The second-order valence-electron chi connectivity index (χ2n) is 7.61. The summed E-state index contributed by atoms with van der Waals surface area (Å²) in [7, 11) is -0.941. The van der Waals surface area contributed by atoms with Crippen LogP contribution in [0.15, 0.2) is 72.8 Å². The van der Waals surface area contributed by atoms with Gasteiger partial charge in [0.1, 0.15) is 0 Å². The molecular weight excluding hydrogens is 340 g/mol. The molecule has 4 heteroatoms. The lowest BCUT2D eigenvalue weighted by Crippen LogP contribution is -2.68. The number of ether oxygens (including phenoxy) is 2. The number of rotatable bonds is 5. The van der Waals surface area contributed by atoms with Gasteiger partial charge in [-0.2, -0.15) is 0 Å². The molecule has 1 aliphatic heterocycles. The van der Waals surface area contributed by atoms with E-state index in [1.807, 2.05) is 6.08 Å². The van der Waals surface area contributed by atoms with E-state index in [4.69, 9.17) is 13.9 Å². The molecule has 0 radical (unpaired) electrons. The van der Waals surface area contributed by atoms with Crippen LogP contribution in [0, 0.1) is 0 Å². The highest BCUT2D eigenvalue weighted by Gasteiger charge is 2.51. The molecule has 3 rings (SSSR count). The highest BCUT2D eigenvalue weighted by molar-refractivity contribution is 6.99. The van der Waals surface area contributed by atoms with Crippen LogP contribution in [0.2, 0.25) is 5.04 Å². The molecule has 0 N–H and O–H groups in total. The summed E-state index contributed by atoms with van der Waals surface area (Å²) in [4.78, 5) is 0. The quantitative estimate of drug-likeness (QED) is 0.593. The van der Waals surface area contributed by atoms with Crippen LogP contribution in [-0.4, -0.2) is 28.0 Å². The van der Waals surface area contributed by atoms with Crippen molar-refractivity contribution in [3.63, 3.8) is 0 Å². The fraction of sp³-hybridized carbons (Fsp3) is 0.364. The van der Waals surface area contributed by atoms with Gasteiger partial charge in [-0.3, -0.25) is 0 Å². The summed E-state index contributed by atoms with van der Waals surface area (Å²) in [5.41, 5.74) is 0. The first kappa shape index (κ1) is 19.0. The monoisotopic (exact) mass is 368 g/mol. The molecule has 0 amide bonds. The molecule has 1 aliphatic rings. The Morgan fingerprint density at radius 1 is 0.923 bits per heavy atom. The molecule has 2 atom stereocenters. The number of benzene rings is 2. The molecule has 0 unspecified atom stereocenters. The third-order valence-electron chi connectivity index (χ3n) is 4.87. The van der Waals surface area contributed by atoms with Crippen molar-refractivity contribution in [3.8, 4) is 0 Å². The lowest BCUT2D eigenvalue weighted by Gasteiger charge is -2.45. The predicted octanol–water partition coefficient (Wildman–Crippen LogP) is 3.84. The second-order valence-corrected chi connectivity index (χ2v) is 11.9. The first-order valence-corrected chi connectivity index (χ1v) is 11.0. The zero-order chi connectivity index (χ0) is 18.6. The average Bonchev–Trinajstić information content (AvgIpc) is 2.66. The minimum atomic E-state index is -2.59. The Kier molecular flexibility index (Phi) is 5.78. The van der Waals surface area contributed by atoms with Crippen LogP contribution in [0.1, 0.15) is 27.2 Å². The van der Waals surface area contributed by atoms with Gasteiger partial charge in [0, 0.05) is 13.5 Å². The fourth-order valence-electron chi connectivity index (χ4n) is 3.65. The van der Waals surface area contributed by atoms with Crippen molar-refractivity contribution in [3.05, 3.63) is 72.8 Å². The first-order chi connectivity index (χ1) is 12.5. The highest BCUT2D eigenvalue weighted by Crippen LogP contribution is 2.38. The van der Waals surface area contributed by atoms with Crippen LogP contribution in [0.25, 0.3) is 0 Å². The topological polar surface area (TPSA) is 27.7 Å². The molecule has 0 aliphatic carbocycles. The van der Waals surface area contributed by atoms with Gasteiger partial charge in [0.25, 0.3) is 8.32 Å². The molecule has 0 fully saturated rings. The Morgan fingerprint density at radius 3 is 1.92 bits per heavy atom. The Balaban J connectivity index is 2.10. The van der Waals surface area contributed by atoms with Crippen molar-refractivity contribution < 1.29 is 13.9 Å². The Morgan fingerprint density at radius 2 is 1.46 bits per heavy atom. The van der Waals surface area contributed by atoms with Crippen LogP contribution >= 0.6 is 0 Å². The van der Waals surface area contributed by atoms with Crippen LogP contribution in [0.3, 0.4) is 0 Å². The summed E-state index contributed by atoms with van der Waals surface area (Å²) in [6, 6.07) is 21.2. The summed E-state index contributed by atoms with van der Waals surface area (Å²) in [5, 5.41) is 2.44. The van der Waals surface area contributed by atoms with Gasteiger partial charge in [0.15, 0.2) is 12.6 Å². The summed E-state index contributed by atoms with van der Waals surface area (Å²) in [5.74, 6) is 0. The van der Waals surface area contributed by atoms with Gasteiger partial charge in [0.05, 0.1) is 0 Å². The van der Waals surface area contributed by atoms with E-state index < -0.39 is 8.32 Å². The lowest BCUT2D eigenvalue weighted by molar-refractivity contribution is -0.194. The van der Waals surface area contributed by atoms with Crippen molar-refractivity contribution in [2.45, 2.75) is 44.8 Å². The van der Waals surface area contributed by atoms with Gasteiger partial charge in [-0.05, 0) is 21.5 Å². The number of hydrogen-bond acceptors (Lipinski definition) is 3. The van der Waals surface area contributed by atoms with E-state index in [0.717, 1.165) is 6.42 Å². The zero-order valence-corrected chi connectivity index (χ0v) is 17.0. The molecule has 2 aromatic carbocycles. The van der Waals surface area contributed by atoms with Gasteiger partial charge in [-0.15, -0.1) is 0 Å².